The maximum absolute atomic E-state index is 13.7. The second kappa shape index (κ2) is 13.6. The number of hydrogen-bond acceptors (Lipinski definition) is 15. The first kappa shape index (κ1) is 42.4. The quantitative estimate of drug-likeness (QED) is 0.101. The van der Waals surface area contributed by atoms with E-state index in [0.717, 1.165) is 24.8 Å². The number of hydrogen-bond donors (Lipinski definition) is 9. The molecule has 9 rings (SSSR count). The van der Waals surface area contributed by atoms with Gasteiger partial charge >= 0.3 is 5.97 Å². The Labute approximate surface area is 334 Å². The Bertz CT molecular complexity index is 1630. The molecule has 2 bridgehead atoms. The fraction of sp³-hybridized carbons (Fsp3) is 0.929. The number of aliphatic hydroxyl groups excluding tert-OH is 8. The normalized spacial score (nSPS) is 56.9. The molecule has 4 aliphatic heterocycles. The summed E-state index contributed by atoms with van der Waals surface area (Å²) in [4.78, 5) is 13.7. The maximum atomic E-state index is 13.7. The molecule has 5 aliphatic carbocycles. The Balaban J connectivity index is 1.08. The van der Waals surface area contributed by atoms with Crippen molar-refractivity contribution in [3.8, 4) is 0 Å². The Kier molecular flexibility index (Phi) is 10.1. The molecule has 0 aromatic carbocycles. The van der Waals surface area contributed by atoms with Gasteiger partial charge in [-0.25, -0.2) is 0 Å². The highest BCUT2D eigenvalue weighted by molar-refractivity contribution is 5.86. The van der Waals surface area contributed by atoms with Crippen molar-refractivity contribution in [1.29, 1.82) is 0 Å². The topological polar surface area (TPSA) is 245 Å². The molecule has 4 saturated heterocycles. The molecular weight excluding hydrogens is 744 g/mol. The Morgan fingerprint density at radius 3 is 1.93 bits per heavy atom. The molecule has 0 amide bonds. The number of esters is 1. The zero-order valence-corrected chi connectivity index (χ0v) is 34.3. The minimum Gasteiger partial charge on any atom is -0.455 e. The zero-order valence-electron chi connectivity index (χ0n) is 34.3. The van der Waals surface area contributed by atoms with E-state index in [2.05, 4.69) is 34.6 Å². The molecule has 57 heavy (non-hydrogen) atoms. The molecule has 0 radical (unpaired) electrons. The van der Waals surface area contributed by atoms with Crippen molar-refractivity contribution in [3.05, 3.63) is 11.1 Å². The average molecular weight is 811 g/mol. The number of carbonyl (C=O) groups excluding carboxylic acids is 1. The first-order chi connectivity index (χ1) is 26.5. The summed E-state index contributed by atoms with van der Waals surface area (Å²) in [6.07, 6.45) is -10.8. The lowest BCUT2D eigenvalue weighted by Gasteiger charge is -2.73. The third-order valence-electron chi connectivity index (χ3n) is 18.0. The van der Waals surface area contributed by atoms with Gasteiger partial charge in [0.15, 0.2) is 12.6 Å². The molecule has 9 N–H and O–H groups in total. The van der Waals surface area contributed by atoms with E-state index in [-0.39, 0.29) is 28.6 Å². The van der Waals surface area contributed by atoms with Crippen LogP contribution in [0.1, 0.15) is 106 Å². The molecule has 9 aliphatic rings. The van der Waals surface area contributed by atoms with E-state index in [1.54, 1.807) is 6.92 Å². The highest BCUT2D eigenvalue weighted by Crippen LogP contribution is 2.77. The summed E-state index contributed by atoms with van der Waals surface area (Å²) in [5.41, 5.74) is -3.38. The number of carbonyl (C=O) groups is 1. The van der Waals surface area contributed by atoms with Crippen LogP contribution in [0.15, 0.2) is 11.1 Å². The molecule has 8 fully saturated rings. The third kappa shape index (κ3) is 5.53. The Morgan fingerprint density at radius 1 is 0.684 bits per heavy atom. The molecule has 0 unspecified atom stereocenters. The highest BCUT2D eigenvalue weighted by Gasteiger charge is 2.75. The van der Waals surface area contributed by atoms with Gasteiger partial charge in [0.1, 0.15) is 60.0 Å². The van der Waals surface area contributed by atoms with Crippen molar-refractivity contribution in [1.82, 2.24) is 0 Å². The van der Waals surface area contributed by atoms with Gasteiger partial charge < -0.3 is 69.6 Å². The van der Waals surface area contributed by atoms with Crippen molar-refractivity contribution in [2.45, 2.75) is 191 Å². The van der Waals surface area contributed by atoms with Gasteiger partial charge in [0.25, 0.3) is 0 Å². The van der Waals surface area contributed by atoms with Crippen LogP contribution in [-0.2, 0) is 28.5 Å². The van der Waals surface area contributed by atoms with Crippen LogP contribution in [0.3, 0.4) is 0 Å². The van der Waals surface area contributed by atoms with Crippen LogP contribution in [-0.4, -0.2) is 150 Å². The number of fused-ring (bicyclic) bond motifs is 7. The van der Waals surface area contributed by atoms with E-state index in [4.69, 9.17) is 23.7 Å². The van der Waals surface area contributed by atoms with Gasteiger partial charge in [0, 0.05) is 0 Å². The summed E-state index contributed by atoms with van der Waals surface area (Å²) in [7, 11) is 0. The summed E-state index contributed by atoms with van der Waals surface area (Å²) in [6.45, 7) is 13.5. The Morgan fingerprint density at radius 2 is 1.30 bits per heavy atom. The van der Waals surface area contributed by atoms with Crippen LogP contribution in [0.4, 0.5) is 0 Å². The van der Waals surface area contributed by atoms with Crippen molar-refractivity contribution in [2.75, 3.05) is 13.2 Å². The van der Waals surface area contributed by atoms with E-state index in [0.29, 0.717) is 44.1 Å². The first-order valence-corrected chi connectivity index (χ1v) is 21.1. The van der Waals surface area contributed by atoms with E-state index in [1.165, 1.54) is 0 Å². The van der Waals surface area contributed by atoms with Crippen LogP contribution in [0.2, 0.25) is 0 Å². The van der Waals surface area contributed by atoms with Crippen LogP contribution < -0.4 is 0 Å². The van der Waals surface area contributed by atoms with Gasteiger partial charge in [-0.3, -0.25) is 4.79 Å². The first-order valence-electron chi connectivity index (χ1n) is 21.1. The molecule has 0 aromatic heterocycles. The van der Waals surface area contributed by atoms with Crippen molar-refractivity contribution in [2.24, 2.45) is 38.9 Å². The third-order valence-corrected chi connectivity index (χ3v) is 18.0. The average Bonchev–Trinajstić information content (AvgIpc) is 3.14. The Hall–Kier alpha value is -1.31. The van der Waals surface area contributed by atoms with E-state index < -0.39 is 114 Å². The second-order valence-corrected chi connectivity index (χ2v) is 20.7. The lowest BCUT2D eigenvalue weighted by atomic mass is 9.33. The smallest absolute Gasteiger partial charge is 0.317 e. The standard InChI is InChI=1S/C42H66O15/c1-36(2)22-8-11-38(4)23(16-19(45)25-32-41(7,52)40(6)13-15-42(32,35(51)57-40)14-12-39(25,38)5)37(22,3)10-9-24(36)55-34-31(29(49)27(47)21(18-44)54-34)56-33-30(50)28(48)26(46)20(17-43)53-33/h19-24,26-31,33-34,43-50,52H,8-18H2,1-7H3/t19-,20+,21+,22+,23-,24-,26+,27+,28+,29+,30-,31-,33-,34+,37-,38-,39-,40+,41+,42-/m1/s1. The summed E-state index contributed by atoms with van der Waals surface area (Å²) in [5, 5.41) is 98.2. The van der Waals surface area contributed by atoms with Crippen LogP contribution >= 0.6 is 0 Å². The monoisotopic (exact) mass is 810 g/mol. The minimum absolute atomic E-state index is 0.0829. The number of ether oxygens (including phenoxy) is 5. The van der Waals surface area contributed by atoms with Crippen LogP contribution in [0.25, 0.3) is 0 Å². The highest BCUT2D eigenvalue weighted by atomic mass is 16.8. The molecule has 1 spiro atoms. The summed E-state index contributed by atoms with van der Waals surface area (Å²) in [5.74, 6) is -0.0979. The zero-order chi connectivity index (χ0) is 41.6. The fourth-order valence-corrected chi connectivity index (χ4v) is 14.2. The van der Waals surface area contributed by atoms with E-state index >= 15 is 0 Å². The lowest BCUT2D eigenvalue weighted by Crippen LogP contribution is -2.72. The largest absolute Gasteiger partial charge is 0.455 e. The van der Waals surface area contributed by atoms with E-state index in [1.807, 2.05) is 6.92 Å². The molecule has 4 saturated carbocycles. The second-order valence-electron chi connectivity index (χ2n) is 20.7. The maximum Gasteiger partial charge on any atom is 0.317 e. The summed E-state index contributed by atoms with van der Waals surface area (Å²) >= 11 is 0. The van der Waals surface area contributed by atoms with Gasteiger partial charge in [-0.2, -0.15) is 0 Å². The van der Waals surface area contributed by atoms with Crippen LogP contribution in [0, 0.1) is 38.9 Å². The van der Waals surface area contributed by atoms with Gasteiger partial charge in [-0.05, 0) is 116 Å². The van der Waals surface area contributed by atoms with Gasteiger partial charge in [0.2, 0.25) is 0 Å². The molecule has 15 heteroatoms. The molecule has 4 heterocycles. The minimum atomic E-state index is -1.78. The predicted molar refractivity (Wildman–Crippen MR) is 198 cm³/mol. The van der Waals surface area contributed by atoms with Crippen molar-refractivity contribution in [3.63, 3.8) is 0 Å². The summed E-state index contributed by atoms with van der Waals surface area (Å²) in [6, 6.07) is 0. The molecular formula is C42H66O15. The number of aliphatic hydroxyl groups is 9. The molecule has 0 aromatic rings. The SMILES string of the molecule is CC1(C)[C@H](O[C@@H]2O[C@@H](CO)[C@H](O)[C@H](O)[C@H]2O[C@H]2O[C@@H](CO)[C@H](O)[C@H](O)[C@H]2O)CC[C@@]2(C)[C@H]3C[C@@H](O)C4=C5[C@]6(CC[C@](C)(OC6=O)[C@@]5(C)O)CC[C@@]4(C)[C@]3(C)CC[C@@H]12. The molecule has 324 valence electrons. The lowest BCUT2D eigenvalue weighted by molar-refractivity contribution is -0.378. The fourth-order valence-electron chi connectivity index (χ4n) is 14.2. The summed E-state index contributed by atoms with van der Waals surface area (Å²) < 4.78 is 30.3. The van der Waals surface area contributed by atoms with Crippen LogP contribution in [0.5, 0.6) is 0 Å². The molecule has 20 atom stereocenters. The number of rotatable bonds is 6. The predicted octanol–water partition coefficient (Wildman–Crippen LogP) is 0.563. The van der Waals surface area contributed by atoms with E-state index in [9.17, 15) is 50.8 Å². The van der Waals surface area contributed by atoms with Gasteiger partial charge in [0.05, 0.1) is 30.8 Å². The van der Waals surface area contributed by atoms with Gasteiger partial charge in [-0.15, -0.1) is 0 Å². The van der Waals surface area contributed by atoms with Crippen molar-refractivity contribution >= 4 is 5.97 Å². The molecule has 15 nitrogen and oxygen atoms in total. The van der Waals surface area contributed by atoms with Gasteiger partial charge in [-0.1, -0.05) is 34.6 Å². The van der Waals surface area contributed by atoms with Crippen molar-refractivity contribution < 1.29 is 74.4 Å².